The number of carbonyl (C=O) groups excluding carboxylic acids is 1. The molecule has 1 aromatic rings. The van der Waals surface area contributed by atoms with Crippen LogP contribution in [0.5, 0.6) is 0 Å². The van der Waals surface area contributed by atoms with Gasteiger partial charge in [0, 0.05) is 12.0 Å². The molecule has 5 nitrogen and oxygen atoms in total. The molecule has 0 radical (unpaired) electrons. The van der Waals surface area contributed by atoms with E-state index in [4.69, 9.17) is 9.47 Å². The Balaban J connectivity index is 2.79. The summed E-state index contributed by atoms with van der Waals surface area (Å²) in [5.74, 6) is 0.0485. The summed E-state index contributed by atoms with van der Waals surface area (Å²) in [5, 5.41) is 4.04. The van der Waals surface area contributed by atoms with Gasteiger partial charge in [0.15, 0.2) is 10.8 Å². The molecule has 0 bridgehead atoms. The normalized spacial score (nSPS) is 12.5. The van der Waals surface area contributed by atoms with Crippen LogP contribution in [0.15, 0.2) is 0 Å². The SMILES string of the molecule is CCOC(=O)c1nc(NC(COC)C(C)C)sc1C. The van der Waals surface area contributed by atoms with E-state index in [1.807, 2.05) is 6.92 Å². The van der Waals surface area contributed by atoms with E-state index in [0.29, 0.717) is 24.8 Å². The van der Waals surface area contributed by atoms with Gasteiger partial charge in [0.25, 0.3) is 0 Å². The standard InChI is InChI=1S/C13H22N2O3S/c1-6-18-12(16)11-9(4)19-13(15-11)14-10(7-17-5)8(2)3/h8,10H,6-7H2,1-5H3,(H,14,15). The third kappa shape index (κ3) is 4.47. The smallest absolute Gasteiger partial charge is 0.358 e. The maximum Gasteiger partial charge on any atom is 0.358 e. The topological polar surface area (TPSA) is 60.5 Å². The molecule has 0 saturated heterocycles. The molecule has 0 saturated carbocycles. The Hall–Kier alpha value is -1.14. The highest BCUT2D eigenvalue weighted by atomic mass is 32.1. The lowest BCUT2D eigenvalue weighted by atomic mass is 10.1. The molecule has 108 valence electrons. The van der Waals surface area contributed by atoms with Crippen LogP contribution in [0.25, 0.3) is 0 Å². The van der Waals surface area contributed by atoms with Crippen molar-refractivity contribution in [3.8, 4) is 0 Å². The van der Waals surface area contributed by atoms with Gasteiger partial charge < -0.3 is 14.8 Å². The molecule has 0 amide bonds. The average Bonchev–Trinajstić information content (AvgIpc) is 2.70. The number of hydrogen-bond acceptors (Lipinski definition) is 6. The first kappa shape index (κ1) is 15.9. The van der Waals surface area contributed by atoms with Gasteiger partial charge in [0.05, 0.1) is 19.3 Å². The third-order valence-electron chi connectivity index (χ3n) is 2.73. The molecule has 1 heterocycles. The fourth-order valence-electron chi connectivity index (χ4n) is 1.59. The van der Waals surface area contributed by atoms with Crippen LogP contribution < -0.4 is 5.32 Å². The average molecular weight is 286 g/mol. The summed E-state index contributed by atoms with van der Waals surface area (Å²) in [7, 11) is 1.67. The lowest BCUT2D eigenvalue weighted by molar-refractivity contribution is 0.0519. The monoisotopic (exact) mass is 286 g/mol. The van der Waals surface area contributed by atoms with E-state index in [-0.39, 0.29) is 12.0 Å². The summed E-state index contributed by atoms with van der Waals surface area (Å²) in [6.07, 6.45) is 0. The molecule has 0 fully saturated rings. The first-order chi connectivity index (χ1) is 8.99. The number of aromatic nitrogens is 1. The maximum absolute atomic E-state index is 11.7. The van der Waals surface area contributed by atoms with Crippen molar-refractivity contribution in [2.24, 2.45) is 5.92 Å². The molecule has 1 unspecified atom stereocenters. The van der Waals surface area contributed by atoms with Gasteiger partial charge in [0.2, 0.25) is 0 Å². The Labute approximate surface area is 118 Å². The minimum absolute atomic E-state index is 0.172. The van der Waals surface area contributed by atoms with Crippen LogP contribution in [-0.4, -0.2) is 37.3 Å². The van der Waals surface area contributed by atoms with E-state index in [9.17, 15) is 4.79 Å². The summed E-state index contributed by atoms with van der Waals surface area (Å²) >= 11 is 1.46. The Morgan fingerprint density at radius 1 is 1.47 bits per heavy atom. The van der Waals surface area contributed by atoms with Crippen molar-refractivity contribution < 1.29 is 14.3 Å². The van der Waals surface area contributed by atoms with E-state index in [2.05, 4.69) is 24.1 Å². The van der Waals surface area contributed by atoms with Crippen molar-refractivity contribution in [1.82, 2.24) is 4.98 Å². The minimum atomic E-state index is -0.364. The summed E-state index contributed by atoms with van der Waals surface area (Å²) in [6, 6.07) is 0.172. The van der Waals surface area contributed by atoms with Gasteiger partial charge >= 0.3 is 5.97 Å². The molecule has 1 rings (SSSR count). The molecule has 1 atom stereocenters. The fraction of sp³-hybridized carbons (Fsp3) is 0.692. The number of ether oxygens (including phenoxy) is 2. The number of esters is 1. The fourth-order valence-corrected chi connectivity index (χ4v) is 2.45. The highest BCUT2D eigenvalue weighted by Crippen LogP contribution is 2.24. The van der Waals surface area contributed by atoms with Gasteiger partial charge in [-0.05, 0) is 19.8 Å². The van der Waals surface area contributed by atoms with E-state index in [1.54, 1.807) is 14.0 Å². The van der Waals surface area contributed by atoms with Crippen LogP contribution in [0.2, 0.25) is 0 Å². The lowest BCUT2D eigenvalue weighted by Crippen LogP contribution is -2.30. The van der Waals surface area contributed by atoms with Gasteiger partial charge in [-0.2, -0.15) is 0 Å². The number of aryl methyl sites for hydroxylation is 1. The second kappa shape index (κ2) is 7.45. The van der Waals surface area contributed by atoms with Gasteiger partial charge in [-0.3, -0.25) is 0 Å². The molecule has 19 heavy (non-hydrogen) atoms. The van der Waals surface area contributed by atoms with E-state index in [1.165, 1.54) is 11.3 Å². The summed E-state index contributed by atoms with van der Waals surface area (Å²) in [5.41, 5.74) is 0.397. The summed E-state index contributed by atoms with van der Waals surface area (Å²) in [6.45, 7) is 8.84. The number of thiazole rings is 1. The van der Waals surface area contributed by atoms with Crippen molar-refractivity contribution >= 4 is 22.4 Å². The first-order valence-electron chi connectivity index (χ1n) is 6.39. The van der Waals surface area contributed by atoms with Crippen molar-refractivity contribution in [1.29, 1.82) is 0 Å². The van der Waals surface area contributed by atoms with Crippen LogP contribution >= 0.6 is 11.3 Å². The number of nitrogens with zero attached hydrogens (tertiary/aromatic N) is 1. The number of anilines is 1. The van der Waals surface area contributed by atoms with Gasteiger partial charge in [-0.15, -0.1) is 11.3 Å². The highest BCUT2D eigenvalue weighted by molar-refractivity contribution is 7.15. The first-order valence-corrected chi connectivity index (χ1v) is 7.21. The number of nitrogens with one attached hydrogen (secondary N) is 1. The molecule has 1 N–H and O–H groups in total. The number of methoxy groups -OCH3 is 1. The Morgan fingerprint density at radius 2 is 2.16 bits per heavy atom. The van der Waals surface area contributed by atoms with Crippen molar-refractivity contribution in [2.45, 2.75) is 33.7 Å². The number of hydrogen-bond donors (Lipinski definition) is 1. The lowest BCUT2D eigenvalue weighted by Gasteiger charge is -2.20. The second-order valence-corrected chi connectivity index (χ2v) is 5.80. The van der Waals surface area contributed by atoms with Gasteiger partial charge in [0.1, 0.15) is 0 Å². The van der Waals surface area contributed by atoms with E-state index >= 15 is 0 Å². The zero-order valence-corrected chi connectivity index (χ0v) is 13.0. The zero-order chi connectivity index (χ0) is 14.4. The molecule has 0 aliphatic carbocycles. The van der Waals surface area contributed by atoms with Crippen LogP contribution in [0.1, 0.15) is 36.1 Å². The Bertz CT molecular complexity index is 418. The molecule has 0 aliphatic heterocycles. The Kier molecular flexibility index (Phi) is 6.24. The van der Waals surface area contributed by atoms with Crippen LogP contribution in [0.4, 0.5) is 5.13 Å². The molecular formula is C13H22N2O3S. The number of carbonyl (C=O) groups is 1. The summed E-state index contributed by atoms with van der Waals surface area (Å²) in [4.78, 5) is 16.9. The molecule has 0 aliphatic rings. The maximum atomic E-state index is 11.7. The molecular weight excluding hydrogens is 264 g/mol. The predicted molar refractivity (Wildman–Crippen MR) is 76.9 cm³/mol. The van der Waals surface area contributed by atoms with Crippen LogP contribution in [-0.2, 0) is 9.47 Å². The molecule has 6 heteroatoms. The van der Waals surface area contributed by atoms with Crippen molar-refractivity contribution in [3.63, 3.8) is 0 Å². The molecule has 0 spiro atoms. The number of rotatable bonds is 7. The van der Waals surface area contributed by atoms with Gasteiger partial charge in [-0.25, -0.2) is 9.78 Å². The predicted octanol–water partition coefficient (Wildman–Crippen LogP) is 2.71. The minimum Gasteiger partial charge on any atom is -0.461 e. The largest absolute Gasteiger partial charge is 0.461 e. The quantitative estimate of drug-likeness (QED) is 0.781. The van der Waals surface area contributed by atoms with Crippen LogP contribution in [0.3, 0.4) is 0 Å². The second-order valence-electron chi connectivity index (χ2n) is 4.59. The Morgan fingerprint density at radius 3 is 2.68 bits per heavy atom. The van der Waals surface area contributed by atoms with Gasteiger partial charge in [-0.1, -0.05) is 13.8 Å². The van der Waals surface area contributed by atoms with Crippen molar-refractivity contribution in [2.75, 3.05) is 25.6 Å². The molecule has 1 aromatic heterocycles. The van der Waals surface area contributed by atoms with E-state index in [0.717, 1.165) is 10.0 Å². The summed E-state index contributed by atoms with van der Waals surface area (Å²) < 4.78 is 10.2. The van der Waals surface area contributed by atoms with Crippen LogP contribution in [0, 0.1) is 12.8 Å². The molecule has 0 aromatic carbocycles. The zero-order valence-electron chi connectivity index (χ0n) is 12.1. The van der Waals surface area contributed by atoms with E-state index < -0.39 is 0 Å². The third-order valence-corrected chi connectivity index (χ3v) is 3.63. The highest BCUT2D eigenvalue weighted by Gasteiger charge is 2.19. The van der Waals surface area contributed by atoms with Crippen molar-refractivity contribution in [3.05, 3.63) is 10.6 Å².